The number of carbonyl (C=O) groups is 1. The molecule has 4 N–H and O–H groups in total. The summed E-state index contributed by atoms with van der Waals surface area (Å²) in [6.45, 7) is 14.3. The van der Waals surface area contributed by atoms with Crippen molar-refractivity contribution in [1.29, 1.82) is 0 Å². The van der Waals surface area contributed by atoms with Gasteiger partial charge in [-0.05, 0) is 111 Å². The Morgan fingerprint density at radius 3 is 2.11 bits per heavy atom. The number of nitrogens with zero attached hydrogens (tertiary/aromatic N) is 3. The van der Waals surface area contributed by atoms with Crippen molar-refractivity contribution in [3.05, 3.63) is 197 Å². The minimum absolute atomic E-state index is 0.278. The Morgan fingerprint density at radius 1 is 0.797 bits per heavy atom. The standard InChI is InChI=1S/C26H26N4O2.C25H25NO4.C2H6/c1-31-25-16-21(26(27)30-28)12-11-20(25)10-9-18-5-4-7-23(15-18)32-17-22-14-13-19-6-2-3-8-24(19)29-22;1-5-21(29-16-20-13-12-19-9-7-8-10-23(19)26-20)14-11-17(3)24-15-22(18(4)30-24)25(27)28-6-2;1-2/h2-8,11-16H,9-10,17,28H2,1H3,(H2,27,30);5,7-15H,1,6,16H2,2-4H3;1-2H3/b;17-11+,21-14+;. The van der Waals surface area contributed by atoms with Crippen molar-refractivity contribution in [3.8, 4) is 11.5 Å². The third-order valence-corrected chi connectivity index (χ3v) is 9.89. The third kappa shape index (κ3) is 13.2. The predicted octanol–water partition coefficient (Wildman–Crippen LogP) is 11.2. The number of pyridine rings is 2. The molecule has 7 aromatic rings. The lowest BCUT2D eigenvalue weighted by atomic mass is 10.0. The van der Waals surface area contributed by atoms with Crippen molar-refractivity contribution in [1.82, 2.24) is 9.97 Å². The lowest BCUT2D eigenvalue weighted by molar-refractivity contribution is 0.0524. The van der Waals surface area contributed by atoms with E-state index < -0.39 is 0 Å². The molecule has 0 aliphatic heterocycles. The number of carbonyl (C=O) groups excluding carboxylic acids is 1. The van der Waals surface area contributed by atoms with Crippen molar-refractivity contribution < 1.29 is 28.2 Å². The molecule has 11 heteroatoms. The van der Waals surface area contributed by atoms with Gasteiger partial charge in [0.1, 0.15) is 53.4 Å². The lowest BCUT2D eigenvalue weighted by Crippen LogP contribution is -2.15. The van der Waals surface area contributed by atoms with Crippen molar-refractivity contribution >= 4 is 39.2 Å². The van der Waals surface area contributed by atoms with Crippen LogP contribution in [0.3, 0.4) is 0 Å². The molecule has 3 aromatic heterocycles. The Labute approximate surface area is 375 Å². The van der Waals surface area contributed by atoms with Gasteiger partial charge in [0.05, 0.1) is 36.1 Å². The minimum Gasteiger partial charge on any atom is -0.496 e. The van der Waals surface area contributed by atoms with Crippen LogP contribution in [0.1, 0.15) is 77.7 Å². The van der Waals surface area contributed by atoms with Gasteiger partial charge < -0.3 is 34.9 Å². The van der Waals surface area contributed by atoms with Crippen LogP contribution in [0.5, 0.6) is 11.5 Å². The summed E-state index contributed by atoms with van der Waals surface area (Å²) < 4.78 is 28.1. The highest BCUT2D eigenvalue weighted by atomic mass is 16.5. The largest absolute Gasteiger partial charge is 0.496 e. The van der Waals surface area contributed by atoms with E-state index in [-0.39, 0.29) is 11.8 Å². The average Bonchev–Trinajstić information content (AvgIpc) is 3.74. The molecule has 0 radical (unpaired) electrons. The SMILES string of the molecule is C=C/C(=C\C=C(/C)c1cc(C(=O)OCC)c(C)o1)OCc1ccc2ccccc2n1.CC.COc1cc(/C(N)=N/N)ccc1CCc1cccc(OCc2ccc3ccccc3n2)c1. The molecule has 0 aliphatic carbocycles. The molecular formula is C53H57N5O6. The second-order valence-corrected chi connectivity index (χ2v) is 14.2. The van der Waals surface area contributed by atoms with E-state index in [4.69, 9.17) is 34.9 Å². The van der Waals surface area contributed by atoms with Crippen LogP contribution in [0, 0.1) is 6.92 Å². The van der Waals surface area contributed by atoms with Gasteiger partial charge >= 0.3 is 5.97 Å². The van der Waals surface area contributed by atoms with Crippen LogP contribution < -0.4 is 21.1 Å². The van der Waals surface area contributed by atoms with Crippen LogP contribution in [0.2, 0.25) is 0 Å². The Bertz CT molecular complexity index is 2750. The van der Waals surface area contributed by atoms with Gasteiger partial charge in [-0.3, -0.25) is 0 Å². The van der Waals surface area contributed by atoms with Crippen molar-refractivity contribution in [2.24, 2.45) is 16.7 Å². The van der Waals surface area contributed by atoms with Crippen LogP contribution in [0.25, 0.3) is 27.4 Å². The highest BCUT2D eigenvalue weighted by molar-refractivity contribution is 5.97. The summed E-state index contributed by atoms with van der Waals surface area (Å²) in [5, 5.41) is 5.76. The lowest BCUT2D eigenvalue weighted by Gasteiger charge is -2.11. The van der Waals surface area contributed by atoms with Crippen molar-refractivity contribution in [2.45, 2.75) is 60.7 Å². The molecule has 330 valence electrons. The highest BCUT2D eigenvalue weighted by Gasteiger charge is 2.16. The predicted molar refractivity (Wildman–Crippen MR) is 257 cm³/mol. The number of furan rings is 1. The Balaban J connectivity index is 0.000000232. The number of para-hydroxylation sites is 2. The summed E-state index contributed by atoms with van der Waals surface area (Å²) in [5.74, 6) is 8.51. The van der Waals surface area contributed by atoms with Crippen molar-refractivity contribution in [2.75, 3.05) is 13.7 Å². The molecule has 0 atom stereocenters. The summed E-state index contributed by atoms with van der Waals surface area (Å²) in [6, 6.07) is 39.7. The van der Waals surface area contributed by atoms with Crippen LogP contribution in [0.4, 0.5) is 0 Å². The maximum Gasteiger partial charge on any atom is 0.341 e. The first kappa shape index (κ1) is 47.4. The number of benzene rings is 4. The fourth-order valence-corrected chi connectivity index (χ4v) is 6.50. The second-order valence-electron chi connectivity index (χ2n) is 14.2. The van der Waals surface area contributed by atoms with Gasteiger partial charge in [0.2, 0.25) is 0 Å². The second kappa shape index (κ2) is 24.1. The third-order valence-electron chi connectivity index (χ3n) is 9.89. The van der Waals surface area contributed by atoms with Crippen LogP contribution in [-0.4, -0.2) is 35.5 Å². The maximum absolute atomic E-state index is 12.0. The van der Waals surface area contributed by atoms with Gasteiger partial charge in [-0.1, -0.05) is 99.3 Å². The molecule has 0 unspecified atom stereocenters. The van der Waals surface area contributed by atoms with E-state index in [9.17, 15) is 4.79 Å². The number of nitrogens with two attached hydrogens (primary N) is 2. The maximum atomic E-state index is 12.0. The number of hydrazone groups is 1. The number of allylic oxidation sites excluding steroid dienone is 4. The topological polar surface area (TPSA) is 157 Å². The molecule has 0 spiro atoms. The summed E-state index contributed by atoms with van der Waals surface area (Å²) in [5.41, 5.74) is 13.7. The molecule has 64 heavy (non-hydrogen) atoms. The molecule has 11 nitrogen and oxygen atoms in total. The smallest absolute Gasteiger partial charge is 0.341 e. The number of hydrogen-bond donors (Lipinski definition) is 2. The molecule has 0 fully saturated rings. The van der Waals surface area contributed by atoms with E-state index in [0.717, 1.165) is 74.2 Å². The Morgan fingerprint density at radius 2 is 1.47 bits per heavy atom. The van der Waals surface area contributed by atoms with Crippen molar-refractivity contribution in [3.63, 3.8) is 0 Å². The first-order valence-electron chi connectivity index (χ1n) is 21.2. The number of ether oxygens (including phenoxy) is 4. The normalized spacial score (nSPS) is 11.5. The number of hydrogen-bond acceptors (Lipinski definition) is 10. The van der Waals surface area contributed by atoms with Crippen LogP contribution >= 0.6 is 0 Å². The number of esters is 1. The molecule has 0 saturated carbocycles. The molecule has 4 aromatic carbocycles. The number of amidine groups is 1. The first-order chi connectivity index (χ1) is 31.2. The average molecular weight is 860 g/mol. The molecule has 0 aliphatic rings. The molecular weight excluding hydrogens is 803 g/mol. The first-order valence-corrected chi connectivity index (χ1v) is 21.2. The van der Waals surface area contributed by atoms with E-state index in [1.54, 1.807) is 33.1 Å². The van der Waals surface area contributed by atoms with E-state index in [1.165, 1.54) is 5.56 Å². The van der Waals surface area contributed by atoms with Gasteiger partial charge in [-0.25, -0.2) is 14.8 Å². The highest BCUT2D eigenvalue weighted by Crippen LogP contribution is 2.25. The van der Waals surface area contributed by atoms with Gasteiger partial charge in [0.15, 0.2) is 0 Å². The van der Waals surface area contributed by atoms with E-state index >= 15 is 0 Å². The number of rotatable bonds is 16. The summed E-state index contributed by atoms with van der Waals surface area (Å²) >= 11 is 0. The quantitative estimate of drug-likeness (QED) is 0.0182. The fraction of sp³-hybridized carbons (Fsp3) is 0.208. The van der Waals surface area contributed by atoms with E-state index in [1.807, 2.05) is 124 Å². The van der Waals surface area contributed by atoms with E-state index in [2.05, 4.69) is 45.9 Å². The zero-order valence-corrected chi connectivity index (χ0v) is 37.5. The minimum atomic E-state index is -0.383. The van der Waals surface area contributed by atoms with Gasteiger partial charge in [-0.2, -0.15) is 5.10 Å². The number of aryl methyl sites for hydroxylation is 3. The van der Waals surface area contributed by atoms with Crippen LogP contribution in [0.15, 0.2) is 161 Å². The molecule has 7 rings (SSSR count). The molecule has 0 saturated heterocycles. The summed E-state index contributed by atoms with van der Waals surface area (Å²) in [4.78, 5) is 21.2. The van der Waals surface area contributed by atoms with Gasteiger partial charge in [0, 0.05) is 16.3 Å². The molecule has 3 heterocycles. The van der Waals surface area contributed by atoms with Gasteiger partial charge in [-0.15, -0.1) is 0 Å². The monoisotopic (exact) mass is 859 g/mol. The number of fused-ring (bicyclic) bond motifs is 2. The molecule has 0 amide bonds. The molecule has 0 bridgehead atoms. The number of methoxy groups -OCH3 is 1. The van der Waals surface area contributed by atoms with Crippen LogP contribution in [-0.2, 0) is 35.5 Å². The Kier molecular flexibility index (Phi) is 17.8. The number of aromatic nitrogens is 2. The zero-order valence-electron chi connectivity index (χ0n) is 37.5. The summed E-state index contributed by atoms with van der Waals surface area (Å²) in [7, 11) is 1.65. The zero-order chi connectivity index (χ0) is 45.8. The Hall–Kier alpha value is -7.66. The summed E-state index contributed by atoms with van der Waals surface area (Å²) in [6.07, 6.45) is 6.98. The van der Waals surface area contributed by atoms with Gasteiger partial charge in [0.25, 0.3) is 0 Å². The van der Waals surface area contributed by atoms with E-state index in [0.29, 0.717) is 42.7 Å². The fourth-order valence-electron chi connectivity index (χ4n) is 6.50.